The lowest BCUT2D eigenvalue weighted by Crippen LogP contribution is -2.63. The van der Waals surface area contributed by atoms with E-state index in [2.05, 4.69) is 21.3 Å². The predicted molar refractivity (Wildman–Crippen MR) is 226 cm³/mol. The molecular formula is C44H60N4O16. The second-order valence-electron chi connectivity index (χ2n) is 15.6. The Hall–Kier alpha value is -6.28. The molecule has 0 aromatic heterocycles. The first-order valence-corrected chi connectivity index (χ1v) is 20.8. The van der Waals surface area contributed by atoms with Gasteiger partial charge in [0, 0.05) is 65.9 Å². The van der Waals surface area contributed by atoms with Gasteiger partial charge >= 0.3 is 35.9 Å². The Bertz CT molecular complexity index is 1870. The highest BCUT2D eigenvalue weighted by Gasteiger charge is 2.53. The fraction of sp³-hybridized carbons (Fsp3) is 0.545. The number of rotatable bonds is 23. The van der Waals surface area contributed by atoms with Crippen LogP contribution in [0.2, 0.25) is 0 Å². The second-order valence-corrected chi connectivity index (χ2v) is 15.6. The van der Waals surface area contributed by atoms with Crippen molar-refractivity contribution in [3.05, 3.63) is 60.2 Å². The van der Waals surface area contributed by atoms with E-state index in [4.69, 9.17) is 37.9 Å². The van der Waals surface area contributed by atoms with Crippen LogP contribution in [0.3, 0.4) is 0 Å². The van der Waals surface area contributed by atoms with Crippen LogP contribution in [0, 0.1) is 0 Å². The topological polar surface area (TPSA) is 259 Å². The van der Waals surface area contributed by atoms with Crippen LogP contribution >= 0.6 is 0 Å². The maximum atomic E-state index is 13.0. The molecule has 0 spiro atoms. The van der Waals surface area contributed by atoms with Crippen LogP contribution in [0.5, 0.6) is 5.75 Å². The van der Waals surface area contributed by atoms with Crippen molar-refractivity contribution in [3.8, 4) is 5.75 Å². The highest BCUT2D eigenvalue weighted by molar-refractivity contribution is 5.93. The highest BCUT2D eigenvalue weighted by atomic mass is 16.7. The number of alkyl carbamates (subject to hydrolysis) is 1. The third kappa shape index (κ3) is 20.3. The average molecular weight is 901 g/mol. The van der Waals surface area contributed by atoms with Gasteiger partial charge in [0.1, 0.15) is 36.7 Å². The monoisotopic (exact) mass is 900 g/mol. The van der Waals surface area contributed by atoms with Gasteiger partial charge in [-0.3, -0.25) is 33.6 Å². The number of benzene rings is 2. The molecule has 0 saturated carbocycles. The lowest BCUT2D eigenvalue weighted by molar-refractivity contribution is -0.288. The van der Waals surface area contributed by atoms with Gasteiger partial charge in [0.15, 0.2) is 12.2 Å². The van der Waals surface area contributed by atoms with E-state index < -0.39 is 90.8 Å². The van der Waals surface area contributed by atoms with Crippen LogP contribution in [0.1, 0.15) is 86.1 Å². The van der Waals surface area contributed by atoms with Gasteiger partial charge in [-0.2, -0.15) is 0 Å². The van der Waals surface area contributed by atoms with Gasteiger partial charge in [0.25, 0.3) is 0 Å². The van der Waals surface area contributed by atoms with Crippen molar-refractivity contribution in [3.63, 3.8) is 0 Å². The largest absolute Gasteiger partial charge is 0.463 e. The molecule has 20 nitrogen and oxygen atoms in total. The Morgan fingerprint density at radius 3 is 1.92 bits per heavy atom. The van der Waals surface area contributed by atoms with Crippen molar-refractivity contribution in [1.29, 1.82) is 0 Å². The van der Waals surface area contributed by atoms with E-state index in [1.807, 2.05) is 30.3 Å². The Balaban J connectivity index is 1.49. The molecule has 0 unspecified atom stereocenters. The first kappa shape index (κ1) is 52.1. The van der Waals surface area contributed by atoms with Gasteiger partial charge in [-0.05, 0) is 69.9 Å². The predicted octanol–water partition coefficient (Wildman–Crippen LogP) is 3.38. The molecular weight excluding hydrogens is 840 g/mol. The summed E-state index contributed by atoms with van der Waals surface area (Å²) < 4.78 is 44.0. The first-order chi connectivity index (χ1) is 30.3. The van der Waals surface area contributed by atoms with Crippen molar-refractivity contribution in [2.45, 2.75) is 130 Å². The van der Waals surface area contributed by atoms with Crippen LogP contribution in [-0.4, -0.2) is 116 Å². The minimum absolute atomic E-state index is 0.0867. The molecule has 4 N–H and O–H groups in total. The normalized spacial score (nSPS) is 18.5. The molecule has 1 saturated heterocycles. The van der Waals surface area contributed by atoms with Gasteiger partial charge < -0.3 is 59.2 Å². The zero-order valence-corrected chi connectivity index (χ0v) is 37.3. The summed E-state index contributed by atoms with van der Waals surface area (Å²) in [6.07, 6.45) is -6.10. The highest BCUT2D eigenvalue weighted by Crippen LogP contribution is 2.31. The maximum Gasteiger partial charge on any atom is 0.407 e. The number of ether oxygens (including phenoxy) is 8. The Morgan fingerprint density at radius 1 is 0.672 bits per heavy atom. The lowest BCUT2D eigenvalue weighted by Gasteiger charge is -2.43. The molecule has 3 amide bonds. The molecule has 3 rings (SSSR count). The van der Waals surface area contributed by atoms with E-state index in [-0.39, 0.29) is 44.2 Å². The SMILES string of the molecule is CC(=O)OC[C@H]1O[C@H](Oc2ccc(NC(=O)CCC(=O)NCCCC[C@H](NCCNC(=O)OC(C)(C)C)C(=O)OCc3ccccc3)cc2)[C@@H](OC(C)=O)[C@@H](OC(C)=O)[C@@H]1OC(C)=O. The van der Waals surface area contributed by atoms with E-state index in [0.29, 0.717) is 31.5 Å². The summed E-state index contributed by atoms with van der Waals surface area (Å²) >= 11 is 0. The van der Waals surface area contributed by atoms with Crippen LogP contribution < -0.4 is 26.0 Å². The van der Waals surface area contributed by atoms with Crippen molar-refractivity contribution < 1.29 is 76.3 Å². The summed E-state index contributed by atoms with van der Waals surface area (Å²) in [5.41, 5.74) is 0.562. The van der Waals surface area contributed by atoms with Crippen molar-refractivity contribution in [1.82, 2.24) is 16.0 Å². The van der Waals surface area contributed by atoms with Crippen molar-refractivity contribution in [2.24, 2.45) is 0 Å². The molecule has 64 heavy (non-hydrogen) atoms. The minimum atomic E-state index is -1.45. The third-order valence-electron chi connectivity index (χ3n) is 8.85. The van der Waals surface area contributed by atoms with Crippen molar-refractivity contribution >= 4 is 53.4 Å². The molecule has 2 aromatic rings. The van der Waals surface area contributed by atoms with E-state index in [9.17, 15) is 38.4 Å². The Labute approximate surface area is 372 Å². The van der Waals surface area contributed by atoms with E-state index in [1.54, 1.807) is 20.8 Å². The second kappa shape index (κ2) is 26.4. The zero-order valence-electron chi connectivity index (χ0n) is 37.3. The van der Waals surface area contributed by atoms with Crippen LogP contribution in [0.25, 0.3) is 0 Å². The molecule has 20 heteroatoms. The molecule has 1 aliphatic rings. The standard InChI is InChI=1S/C44H60N4O16/c1-27(49)57-26-35-38(59-28(2)50)39(60-29(3)51)40(61-30(4)52)42(63-35)62-33-18-16-32(17-19-33)48-37(54)21-20-36(53)46-22-12-11-15-34(41(55)58-25-31-13-9-8-10-14-31)45-23-24-47-43(56)64-44(5,6)7/h8-10,13-14,16-19,34-35,38-40,42,45H,11-12,15,20-26H2,1-7H3,(H,46,53)(H,47,56)(H,48,54)/t34-,35+,38+,39-,40-,42-/m0/s1. The summed E-state index contributed by atoms with van der Waals surface area (Å²) in [6, 6.07) is 14.6. The smallest absolute Gasteiger partial charge is 0.407 e. The van der Waals surface area contributed by atoms with E-state index in [1.165, 1.54) is 24.3 Å². The fourth-order valence-electron chi connectivity index (χ4n) is 6.13. The number of hydrogen-bond acceptors (Lipinski definition) is 17. The van der Waals surface area contributed by atoms with Gasteiger partial charge in [0.05, 0.1) is 0 Å². The summed E-state index contributed by atoms with van der Waals surface area (Å²) in [7, 11) is 0. The number of carbonyl (C=O) groups is 8. The molecule has 2 aromatic carbocycles. The molecule has 1 aliphatic heterocycles. The minimum Gasteiger partial charge on any atom is -0.463 e. The summed E-state index contributed by atoms with van der Waals surface area (Å²) in [5.74, 6) is -4.07. The number of nitrogens with one attached hydrogen (secondary N) is 4. The Morgan fingerprint density at radius 2 is 1.30 bits per heavy atom. The molecule has 1 fully saturated rings. The van der Waals surface area contributed by atoms with E-state index >= 15 is 0 Å². The number of carbonyl (C=O) groups excluding carboxylic acids is 8. The summed E-state index contributed by atoms with van der Waals surface area (Å²) in [4.78, 5) is 98.1. The van der Waals surface area contributed by atoms with Gasteiger partial charge in [0.2, 0.25) is 24.2 Å². The average Bonchev–Trinajstić information content (AvgIpc) is 3.21. The molecule has 0 radical (unpaired) electrons. The Kier molecular flexibility index (Phi) is 21.5. The number of hydrogen-bond donors (Lipinski definition) is 4. The van der Waals surface area contributed by atoms with Crippen LogP contribution in [0.4, 0.5) is 10.5 Å². The molecule has 6 atom stereocenters. The number of anilines is 1. The summed E-state index contributed by atoms with van der Waals surface area (Å²) in [5, 5.41) is 11.3. The van der Waals surface area contributed by atoms with Crippen LogP contribution in [-0.2, 0) is 73.3 Å². The van der Waals surface area contributed by atoms with Gasteiger partial charge in [-0.25, -0.2) is 4.79 Å². The fourth-order valence-corrected chi connectivity index (χ4v) is 6.13. The quantitative estimate of drug-likeness (QED) is 0.0708. The zero-order chi connectivity index (χ0) is 47.2. The number of esters is 5. The summed E-state index contributed by atoms with van der Waals surface area (Å²) in [6.45, 7) is 10.3. The van der Waals surface area contributed by atoms with Gasteiger partial charge in [-0.1, -0.05) is 30.3 Å². The molecule has 0 bridgehead atoms. The maximum absolute atomic E-state index is 13.0. The van der Waals surface area contributed by atoms with Gasteiger partial charge in [-0.15, -0.1) is 0 Å². The van der Waals surface area contributed by atoms with Crippen LogP contribution in [0.15, 0.2) is 54.6 Å². The first-order valence-electron chi connectivity index (χ1n) is 20.8. The van der Waals surface area contributed by atoms with E-state index in [0.717, 1.165) is 33.3 Å². The molecule has 352 valence electrons. The lowest BCUT2D eigenvalue weighted by atomic mass is 9.98. The van der Waals surface area contributed by atoms with Crippen molar-refractivity contribution in [2.75, 3.05) is 31.6 Å². The molecule has 0 aliphatic carbocycles. The number of amides is 3. The molecule has 1 heterocycles. The number of unbranched alkanes of at least 4 members (excludes halogenated alkanes) is 1. The third-order valence-corrected chi connectivity index (χ3v) is 8.85.